The number of nitro groups is 1. The first kappa shape index (κ1) is 21.6. The van der Waals surface area contributed by atoms with Gasteiger partial charge in [-0.1, -0.05) is 6.42 Å². The molecule has 0 spiro atoms. The molecule has 172 valence electrons. The van der Waals surface area contributed by atoms with Crippen LogP contribution >= 0.6 is 11.3 Å². The second kappa shape index (κ2) is 8.58. The minimum Gasteiger partial charge on any atom is -0.368 e. The smallest absolute Gasteiger partial charge is 0.269 e. The largest absolute Gasteiger partial charge is 0.368 e. The van der Waals surface area contributed by atoms with E-state index < -0.39 is 4.92 Å². The van der Waals surface area contributed by atoms with E-state index in [1.807, 2.05) is 11.8 Å². The summed E-state index contributed by atoms with van der Waals surface area (Å²) < 4.78 is 1.80. The molecule has 1 fully saturated rings. The molecule has 1 amide bonds. The van der Waals surface area contributed by atoms with E-state index in [2.05, 4.69) is 4.90 Å². The first-order valence-corrected chi connectivity index (χ1v) is 12.1. The Labute approximate surface area is 194 Å². The third kappa shape index (κ3) is 3.88. The molecule has 0 N–H and O–H groups in total. The summed E-state index contributed by atoms with van der Waals surface area (Å²) in [4.78, 5) is 47.0. The highest BCUT2D eigenvalue weighted by atomic mass is 32.1. The molecular weight excluding hydrogens is 442 g/mol. The standard InChI is InChI=1S/C23H25N5O4S/c1-15-19-21(24-18-5-3-2-4-10-27(18)22(19)29)33-20(15)23(30)26-13-11-25(12-14-26)16-6-8-17(9-7-16)28(31)32/h6-9H,2-5,10-14H2,1H3. The molecule has 9 nitrogen and oxygen atoms in total. The van der Waals surface area contributed by atoms with Gasteiger partial charge >= 0.3 is 0 Å². The van der Waals surface area contributed by atoms with E-state index in [0.29, 0.717) is 47.8 Å². The summed E-state index contributed by atoms with van der Waals surface area (Å²) in [6.07, 6.45) is 3.92. The highest BCUT2D eigenvalue weighted by Gasteiger charge is 2.28. The van der Waals surface area contributed by atoms with Crippen LogP contribution in [0.1, 0.15) is 40.3 Å². The molecule has 1 aromatic carbocycles. The van der Waals surface area contributed by atoms with Crippen molar-refractivity contribution in [3.8, 4) is 0 Å². The first-order chi connectivity index (χ1) is 15.9. The van der Waals surface area contributed by atoms with Crippen molar-refractivity contribution < 1.29 is 9.72 Å². The van der Waals surface area contributed by atoms with Crippen LogP contribution in [0.15, 0.2) is 29.1 Å². The van der Waals surface area contributed by atoms with Gasteiger partial charge in [-0.25, -0.2) is 4.98 Å². The van der Waals surface area contributed by atoms with E-state index in [4.69, 9.17) is 4.98 Å². The average Bonchev–Trinajstić information content (AvgIpc) is 2.99. The van der Waals surface area contributed by atoms with Gasteiger partial charge in [0.15, 0.2) is 0 Å². The van der Waals surface area contributed by atoms with Gasteiger partial charge in [-0.2, -0.15) is 0 Å². The zero-order valence-corrected chi connectivity index (χ0v) is 19.3. The number of non-ortho nitro benzene ring substituents is 1. The number of nitrogens with zero attached hydrogens (tertiary/aromatic N) is 5. The number of aryl methyl sites for hydroxylation is 2. The summed E-state index contributed by atoms with van der Waals surface area (Å²) in [5.41, 5.74) is 1.68. The Morgan fingerprint density at radius 1 is 1.06 bits per heavy atom. The number of fused-ring (bicyclic) bond motifs is 2. The summed E-state index contributed by atoms with van der Waals surface area (Å²) in [7, 11) is 0. The Bertz CT molecular complexity index is 1290. The molecule has 4 heterocycles. The minimum atomic E-state index is -0.410. The highest BCUT2D eigenvalue weighted by molar-refractivity contribution is 7.20. The lowest BCUT2D eigenvalue weighted by Gasteiger charge is -2.36. The van der Waals surface area contributed by atoms with Gasteiger partial charge < -0.3 is 9.80 Å². The quantitative estimate of drug-likeness (QED) is 0.432. The number of hydrogen-bond donors (Lipinski definition) is 0. The van der Waals surface area contributed by atoms with Crippen molar-refractivity contribution in [2.45, 2.75) is 39.2 Å². The molecule has 2 aliphatic heterocycles. The maximum Gasteiger partial charge on any atom is 0.269 e. The first-order valence-electron chi connectivity index (χ1n) is 11.3. The van der Waals surface area contributed by atoms with Crippen LogP contribution < -0.4 is 10.5 Å². The van der Waals surface area contributed by atoms with Gasteiger partial charge in [0.1, 0.15) is 10.7 Å². The number of anilines is 1. The van der Waals surface area contributed by atoms with E-state index in [9.17, 15) is 19.7 Å². The van der Waals surface area contributed by atoms with Gasteiger partial charge in [-0.15, -0.1) is 11.3 Å². The lowest BCUT2D eigenvalue weighted by atomic mass is 10.1. The molecule has 0 saturated carbocycles. The van der Waals surface area contributed by atoms with Crippen LogP contribution in [-0.2, 0) is 13.0 Å². The van der Waals surface area contributed by atoms with Crippen molar-refractivity contribution >= 4 is 38.8 Å². The predicted molar refractivity (Wildman–Crippen MR) is 127 cm³/mol. The molecular formula is C23H25N5O4S. The molecule has 2 aromatic heterocycles. The van der Waals surface area contributed by atoms with Crippen LogP contribution in [0, 0.1) is 17.0 Å². The van der Waals surface area contributed by atoms with E-state index in [-0.39, 0.29) is 17.2 Å². The normalized spacial score (nSPS) is 16.5. The third-order valence-corrected chi connectivity index (χ3v) is 7.77. The number of benzene rings is 1. The maximum atomic E-state index is 13.3. The van der Waals surface area contributed by atoms with Crippen LogP contribution in [0.2, 0.25) is 0 Å². The Hall–Kier alpha value is -3.27. The van der Waals surface area contributed by atoms with E-state index in [1.165, 1.54) is 23.5 Å². The Balaban J connectivity index is 1.35. The number of nitro benzene ring substituents is 1. The summed E-state index contributed by atoms with van der Waals surface area (Å²) >= 11 is 1.33. The molecule has 0 bridgehead atoms. The maximum absolute atomic E-state index is 13.3. The Morgan fingerprint density at radius 3 is 2.48 bits per heavy atom. The topological polar surface area (TPSA) is 102 Å². The van der Waals surface area contributed by atoms with Gasteiger partial charge in [-0.3, -0.25) is 24.3 Å². The summed E-state index contributed by atoms with van der Waals surface area (Å²) in [6.45, 7) is 4.93. The number of amides is 1. The van der Waals surface area contributed by atoms with Gasteiger partial charge in [0, 0.05) is 57.0 Å². The van der Waals surface area contributed by atoms with E-state index in [1.54, 1.807) is 16.7 Å². The van der Waals surface area contributed by atoms with Crippen molar-refractivity contribution in [3.05, 3.63) is 61.0 Å². The summed E-state index contributed by atoms with van der Waals surface area (Å²) in [6, 6.07) is 6.49. The second-order valence-electron chi connectivity index (χ2n) is 8.58. The number of rotatable bonds is 3. The molecule has 0 unspecified atom stereocenters. The Kier molecular flexibility index (Phi) is 5.61. The van der Waals surface area contributed by atoms with Crippen molar-refractivity contribution in [3.63, 3.8) is 0 Å². The molecule has 3 aromatic rings. The zero-order valence-electron chi connectivity index (χ0n) is 18.5. The minimum absolute atomic E-state index is 0.0207. The third-order valence-electron chi connectivity index (χ3n) is 6.60. The molecule has 0 atom stereocenters. The summed E-state index contributed by atoms with van der Waals surface area (Å²) in [5.74, 6) is 0.778. The molecule has 0 aliphatic carbocycles. The van der Waals surface area contributed by atoms with Crippen LogP contribution in [0.4, 0.5) is 11.4 Å². The molecule has 5 rings (SSSR count). The monoisotopic (exact) mass is 467 g/mol. The van der Waals surface area contributed by atoms with Gasteiger partial charge in [0.2, 0.25) is 0 Å². The number of hydrogen-bond acceptors (Lipinski definition) is 7. The van der Waals surface area contributed by atoms with Crippen LogP contribution in [0.5, 0.6) is 0 Å². The van der Waals surface area contributed by atoms with Crippen molar-refractivity contribution in [1.82, 2.24) is 14.5 Å². The molecule has 33 heavy (non-hydrogen) atoms. The SMILES string of the molecule is Cc1c(C(=O)N2CCN(c3ccc([N+](=O)[O-])cc3)CC2)sc2nc3n(c(=O)c12)CCCCC3. The van der Waals surface area contributed by atoms with Crippen LogP contribution in [-0.4, -0.2) is 51.5 Å². The van der Waals surface area contributed by atoms with Gasteiger partial charge in [-0.05, 0) is 37.5 Å². The second-order valence-corrected chi connectivity index (χ2v) is 9.58. The van der Waals surface area contributed by atoms with Crippen molar-refractivity contribution in [2.75, 3.05) is 31.1 Å². The van der Waals surface area contributed by atoms with E-state index >= 15 is 0 Å². The average molecular weight is 468 g/mol. The number of piperazine rings is 1. The van der Waals surface area contributed by atoms with Crippen LogP contribution in [0.3, 0.4) is 0 Å². The number of aromatic nitrogens is 2. The number of carbonyl (C=O) groups excluding carboxylic acids is 1. The summed E-state index contributed by atoms with van der Waals surface area (Å²) in [5, 5.41) is 11.4. The lowest BCUT2D eigenvalue weighted by molar-refractivity contribution is -0.384. The zero-order chi connectivity index (χ0) is 23.1. The fraction of sp³-hybridized carbons (Fsp3) is 0.435. The molecule has 10 heteroatoms. The molecule has 2 aliphatic rings. The van der Waals surface area contributed by atoms with Gasteiger partial charge in [0.25, 0.3) is 17.2 Å². The van der Waals surface area contributed by atoms with Gasteiger partial charge in [0.05, 0.1) is 15.2 Å². The number of carbonyl (C=O) groups is 1. The fourth-order valence-corrected chi connectivity index (χ4v) is 5.87. The Morgan fingerprint density at radius 2 is 1.79 bits per heavy atom. The molecule has 1 saturated heterocycles. The number of thiophene rings is 1. The van der Waals surface area contributed by atoms with Crippen molar-refractivity contribution in [2.24, 2.45) is 0 Å². The predicted octanol–water partition coefficient (Wildman–Crippen LogP) is 3.36. The fourth-order valence-electron chi connectivity index (χ4n) is 4.71. The van der Waals surface area contributed by atoms with Crippen molar-refractivity contribution in [1.29, 1.82) is 0 Å². The highest BCUT2D eigenvalue weighted by Crippen LogP contribution is 2.30. The lowest BCUT2D eigenvalue weighted by Crippen LogP contribution is -2.48. The van der Waals surface area contributed by atoms with E-state index in [0.717, 1.165) is 42.8 Å². The molecule has 0 radical (unpaired) electrons. The van der Waals surface area contributed by atoms with Crippen LogP contribution in [0.25, 0.3) is 10.2 Å².